The minimum absolute atomic E-state index is 0.0843. The predicted octanol–water partition coefficient (Wildman–Crippen LogP) is 3.59. The minimum Gasteiger partial charge on any atom is -0.493 e. The van der Waals surface area contributed by atoms with E-state index in [9.17, 15) is 4.79 Å². The molecule has 4 nitrogen and oxygen atoms in total. The molecule has 0 unspecified atom stereocenters. The van der Waals surface area contributed by atoms with Crippen LogP contribution in [-0.4, -0.2) is 31.6 Å². The van der Waals surface area contributed by atoms with Crippen LogP contribution in [0, 0.1) is 11.8 Å². The Hall–Kier alpha value is -1.71. The second kappa shape index (κ2) is 6.42. The first-order valence-electron chi connectivity index (χ1n) is 8.57. The second-order valence-electron chi connectivity index (χ2n) is 7.08. The van der Waals surface area contributed by atoms with Crippen LogP contribution in [-0.2, 0) is 11.2 Å². The highest BCUT2D eigenvalue weighted by Gasteiger charge is 2.33. The number of nitrogens with zero attached hydrogens (tertiary/aromatic N) is 1. The van der Waals surface area contributed by atoms with E-state index in [4.69, 9.17) is 9.47 Å². The van der Waals surface area contributed by atoms with Crippen molar-refractivity contribution in [3.8, 4) is 11.5 Å². The van der Waals surface area contributed by atoms with Gasteiger partial charge in [0, 0.05) is 13.0 Å². The standard InChI is InChI=1S/C19H27NO3/c1-12-7-15-9-17(22-3)18(23-4)10-16(15)13(2)20(11-12)19(21)8-14-5-6-14/h9-10,12-14H,5-8,11H2,1-4H3/t12-,13-/m0/s1. The Morgan fingerprint density at radius 1 is 1.17 bits per heavy atom. The van der Waals surface area contributed by atoms with Gasteiger partial charge in [0.25, 0.3) is 0 Å². The molecule has 0 bridgehead atoms. The van der Waals surface area contributed by atoms with Gasteiger partial charge in [0.1, 0.15) is 0 Å². The molecule has 0 radical (unpaired) electrons. The van der Waals surface area contributed by atoms with Crippen LogP contribution < -0.4 is 9.47 Å². The third-order valence-electron chi connectivity index (χ3n) is 5.12. The molecule has 0 N–H and O–H groups in total. The van der Waals surface area contributed by atoms with E-state index in [1.54, 1.807) is 14.2 Å². The Labute approximate surface area is 138 Å². The van der Waals surface area contributed by atoms with Gasteiger partial charge in [-0.25, -0.2) is 0 Å². The number of ether oxygens (including phenoxy) is 2. The third kappa shape index (κ3) is 3.31. The molecule has 23 heavy (non-hydrogen) atoms. The van der Waals surface area contributed by atoms with E-state index in [1.807, 2.05) is 6.07 Å². The molecule has 0 saturated heterocycles. The minimum atomic E-state index is 0.0843. The molecule has 3 rings (SSSR count). The van der Waals surface area contributed by atoms with Crippen molar-refractivity contribution in [1.82, 2.24) is 4.90 Å². The molecule has 4 heteroatoms. The summed E-state index contributed by atoms with van der Waals surface area (Å²) in [4.78, 5) is 14.8. The summed E-state index contributed by atoms with van der Waals surface area (Å²) in [6, 6.07) is 4.21. The molecule has 1 heterocycles. The molecule has 0 spiro atoms. The van der Waals surface area contributed by atoms with Crippen LogP contribution in [0.2, 0.25) is 0 Å². The van der Waals surface area contributed by atoms with Gasteiger partial charge in [-0.3, -0.25) is 4.79 Å². The first kappa shape index (κ1) is 16.2. The fourth-order valence-corrected chi connectivity index (χ4v) is 3.61. The SMILES string of the molecule is COc1cc2c(cc1OC)[C@H](C)N(C(=O)CC1CC1)C[C@@H](C)C2. The quantitative estimate of drug-likeness (QED) is 0.852. The normalized spacial score (nSPS) is 23.9. The number of fused-ring (bicyclic) bond motifs is 1. The summed E-state index contributed by atoms with van der Waals surface area (Å²) in [5.41, 5.74) is 2.46. The molecule has 1 aromatic carbocycles. The third-order valence-corrected chi connectivity index (χ3v) is 5.12. The van der Waals surface area contributed by atoms with Crippen molar-refractivity contribution >= 4 is 5.91 Å². The molecule has 1 aliphatic heterocycles. The Kier molecular flexibility index (Phi) is 4.51. The lowest BCUT2D eigenvalue weighted by atomic mass is 9.95. The lowest BCUT2D eigenvalue weighted by molar-refractivity contribution is -0.134. The van der Waals surface area contributed by atoms with Crippen LogP contribution in [0.3, 0.4) is 0 Å². The average molecular weight is 317 g/mol. The lowest BCUT2D eigenvalue weighted by Gasteiger charge is -2.30. The van der Waals surface area contributed by atoms with E-state index in [2.05, 4.69) is 24.8 Å². The zero-order valence-corrected chi connectivity index (χ0v) is 14.6. The first-order chi connectivity index (χ1) is 11.0. The topological polar surface area (TPSA) is 38.8 Å². The fraction of sp³-hybridized carbons (Fsp3) is 0.632. The summed E-state index contributed by atoms with van der Waals surface area (Å²) in [7, 11) is 3.32. The van der Waals surface area contributed by atoms with Gasteiger partial charge in [0.05, 0.1) is 20.3 Å². The summed E-state index contributed by atoms with van der Waals surface area (Å²) in [5.74, 6) is 2.87. The Balaban J connectivity index is 1.94. The fourth-order valence-electron chi connectivity index (χ4n) is 3.61. The van der Waals surface area contributed by atoms with Gasteiger partial charge < -0.3 is 14.4 Å². The molecule has 2 aliphatic rings. The summed E-state index contributed by atoms with van der Waals surface area (Å²) >= 11 is 0. The smallest absolute Gasteiger partial charge is 0.223 e. The highest BCUT2D eigenvalue weighted by atomic mass is 16.5. The predicted molar refractivity (Wildman–Crippen MR) is 89.9 cm³/mol. The largest absolute Gasteiger partial charge is 0.493 e. The number of hydrogen-bond donors (Lipinski definition) is 0. The second-order valence-corrected chi connectivity index (χ2v) is 7.08. The van der Waals surface area contributed by atoms with Crippen LogP contribution in [0.15, 0.2) is 12.1 Å². The van der Waals surface area contributed by atoms with Gasteiger partial charge in [-0.2, -0.15) is 0 Å². The first-order valence-corrected chi connectivity index (χ1v) is 8.57. The molecule has 1 aliphatic carbocycles. The highest BCUT2D eigenvalue weighted by molar-refractivity contribution is 5.77. The van der Waals surface area contributed by atoms with E-state index >= 15 is 0 Å². The van der Waals surface area contributed by atoms with E-state index in [1.165, 1.54) is 24.0 Å². The van der Waals surface area contributed by atoms with Crippen molar-refractivity contribution in [3.63, 3.8) is 0 Å². The van der Waals surface area contributed by atoms with Crippen molar-refractivity contribution in [2.75, 3.05) is 20.8 Å². The number of benzene rings is 1. The van der Waals surface area contributed by atoms with Crippen LogP contribution in [0.5, 0.6) is 11.5 Å². The van der Waals surface area contributed by atoms with E-state index in [-0.39, 0.29) is 6.04 Å². The number of rotatable bonds is 4. The van der Waals surface area contributed by atoms with Gasteiger partial charge in [-0.05, 0) is 61.3 Å². The van der Waals surface area contributed by atoms with E-state index in [0.29, 0.717) is 24.2 Å². The van der Waals surface area contributed by atoms with E-state index in [0.717, 1.165) is 24.5 Å². The van der Waals surface area contributed by atoms with Gasteiger partial charge in [-0.15, -0.1) is 0 Å². The summed E-state index contributed by atoms with van der Waals surface area (Å²) in [6.07, 6.45) is 4.10. The maximum Gasteiger partial charge on any atom is 0.223 e. The molecule has 1 aromatic rings. The highest BCUT2D eigenvalue weighted by Crippen LogP contribution is 2.40. The maximum atomic E-state index is 12.7. The summed E-state index contributed by atoms with van der Waals surface area (Å²) in [5, 5.41) is 0. The van der Waals surface area contributed by atoms with Crippen LogP contribution >= 0.6 is 0 Å². The van der Waals surface area contributed by atoms with Crippen LogP contribution in [0.25, 0.3) is 0 Å². The number of carbonyl (C=O) groups excluding carboxylic acids is 1. The molecular weight excluding hydrogens is 290 g/mol. The molecule has 1 saturated carbocycles. The van der Waals surface area contributed by atoms with Gasteiger partial charge in [0.15, 0.2) is 11.5 Å². The van der Waals surface area contributed by atoms with Gasteiger partial charge in [-0.1, -0.05) is 6.92 Å². The lowest BCUT2D eigenvalue weighted by Crippen LogP contribution is -2.35. The van der Waals surface area contributed by atoms with Gasteiger partial charge >= 0.3 is 0 Å². The molecule has 126 valence electrons. The van der Waals surface area contributed by atoms with Crippen molar-refractivity contribution < 1.29 is 14.3 Å². The zero-order valence-electron chi connectivity index (χ0n) is 14.6. The summed E-state index contributed by atoms with van der Waals surface area (Å²) in [6.45, 7) is 5.18. The Bertz CT molecular complexity index is 595. The molecule has 1 fully saturated rings. The van der Waals surface area contributed by atoms with E-state index < -0.39 is 0 Å². The average Bonchev–Trinajstić information content (AvgIpc) is 3.35. The Morgan fingerprint density at radius 2 is 1.83 bits per heavy atom. The van der Waals surface area contributed by atoms with Crippen LogP contribution in [0.1, 0.15) is 50.3 Å². The van der Waals surface area contributed by atoms with Crippen molar-refractivity contribution in [2.24, 2.45) is 11.8 Å². The zero-order chi connectivity index (χ0) is 16.6. The number of hydrogen-bond acceptors (Lipinski definition) is 3. The monoisotopic (exact) mass is 317 g/mol. The Morgan fingerprint density at radius 3 is 2.43 bits per heavy atom. The number of carbonyl (C=O) groups is 1. The van der Waals surface area contributed by atoms with Crippen molar-refractivity contribution in [3.05, 3.63) is 23.3 Å². The maximum absolute atomic E-state index is 12.7. The number of methoxy groups -OCH3 is 2. The van der Waals surface area contributed by atoms with Gasteiger partial charge in [0.2, 0.25) is 5.91 Å². The summed E-state index contributed by atoms with van der Waals surface area (Å²) < 4.78 is 10.9. The molecule has 0 aromatic heterocycles. The van der Waals surface area contributed by atoms with Crippen molar-refractivity contribution in [2.45, 2.75) is 45.6 Å². The molecule has 1 amide bonds. The number of amides is 1. The molecular formula is C19H27NO3. The van der Waals surface area contributed by atoms with Crippen molar-refractivity contribution in [1.29, 1.82) is 0 Å². The molecule has 2 atom stereocenters. The van der Waals surface area contributed by atoms with Crippen LogP contribution in [0.4, 0.5) is 0 Å².